The number of para-hydroxylation sites is 1. The van der Waals surface area contributed by atoms with Crippen LogP contribution < -0.4 is 9.62 Å². The highest BCUT2D eigenvalue weighted by Crippen LogP contribution is 2.20. The van der Waals surface area contributed by atoms with Crippen LogP contribution in [0.4, 0.5) is 5.69 Å². The van der Waals surface area contributed by atoms with Crippen LogP contribution in [0.3, 0.4) is 0 Å². The first-order chi connectivity index (χ1) is 14.6. The second-order valence-electron chi connectivity index (χ2n) is 7.43. The number of carbonyl (C=O) groups excluding carboxylic acids is 2. The van der Waals surface area contributed by atoms with Gasteiger partial charge in [-0.15, -0.1) is 0 Å². The highest BCUT2D eigenvalue weighted by atomic mass is 32.2. The van der Waals surface area contributed by atoms with Crippen LogP contribution in [0.1, 0.15) is 18.1 Å². The Morgan fingerprint density at radius 2 is 1.58 bits per heavy atom. The number of aryl methyl sites for hydroxylation is 1. The van der Waals surface area contributed by atoms with Gasteiger partial charge in [0.2, 0.25) is 11.8 Å². The summed E-state index contributed by atoms with van der Waals surface area (Å²) in [6, 6.07) is 15.3. The highest BCUT2D eigenvalue weighted by molar-refractivity contribution is 7.90. The normalized spacial score (nSPS) is 12.3. The van der Waals surface area contributed by atoms with E-state index in [-0.39, 0.29) is 12.5 Å². The Bertz CT molecular complexity index is 992. The lowest BCUT2D eigenvalue weighted by Gasteiger charge is -2.32. The summed E-state index contributed by atoms with van der Waals surface area (Å²) in [7, 11) is 0.388. The van der Waals surface area contributed by atoms with E-state index >= 15 is 0 Å². The molecule has 0 bridgehead atoms. The van der Waals surface area contributed by atoms with Crippen molar-refractivity contribution in [3.63, 3.8) is 0 Å². The van der Waals surface area contributed by atoms with E-state index in [1.165, 1.54) is 26.0 Å². The van der Waals surface area contributed by atoms with E-state index < -0.39 is 28.7 Å². The molecule has 9 heteroatoms. The number of carbonyl (C=O) groups is 2. The number of nitrogens with zero attached hydrogens (tertiary/aromatic N) is 3. The van der Waals surface area contributed by atoms with Crippen molar-refractivity contribution in [2.24, 2.45) is 0 Å². The molecule has 0 saturated heterocycles. The Morgan fingerprint density at radius 3 is 2.10 bits per heavy atom. The van der Waals surface area contributed by atoms with E-state index in [4.69, 9.17) is 0 Å². The van der Waals surface area contributed by atoms with Gasteiger partial charge in [0.15, 0.2) is 0 Å². The average Bonchev–Trinajstić information content (AvgIpc) is 2.76. The second-order valence-corrected chi connectivity index (χ2v) is 9.50. The summed E-state index contributed by atoms with van der Waals surface area (Å²) in [6.07, 6.45) is 0. The largest absolute Gasteiger partial charge is 0.357 e. The maximum absolute atomic E-state index is 13.4. The molecule has 2 amide bonds. The number of hydrogen-bond donors (Lipinski definition) is 1. The van der Waals surface area contributed by atoms with Crippen molar-refractivity contribution < 1.29 is 18.0 Å². The third-order valence-electron chi connectivity index (χ3n) is 4.95. The van der Waals surface area contributed by atoms with Gasteiger partial charge in [0, 0.05) is 27.7 Å². The van der Waals surface area contributed by atoms with Crippen molar-refractivity contribution in [2.75, 3.05) is 32.0 Å². The number of rotatable bonds is 9. The zero-order valence-electron chi connectivity index (χ0n) is 18.6. The molecule has 1 N–H and O–H groups in total. The minimum Gasteiger partial charge on any atom is -0.357 e. The van der Waals surface area contributed by atoms with Gasteiger partial charge in [-0.05, 0) is 31.5 Å². The number of anilines is 1. The monoisotopic (exact) mass is 446 g/mol. The van der Waals surface area contributed by atoms with Crippen molar-refractivity contribution in [2.45, 2.75) is 26.4 Å². The summed E-state index contributed by atoms with van der Waals surface area (Å²) < 4.78 is 28.0. The van der Waals surface area contributed by atoms with Crippen molar-refractivity contribution in [3.05, 3.63) is 65.7 Å². The van der Waals surface area contributed by atoms with Crippen LogP contribution in [0, 0.1) is 6.92 Å². The molecule has 0 heterocycles. The average molecular weight is 447 g/mol. The van der Waals surface area contributed by atoms with Crippen LogP contribution in [0.15, 0.2) is 54.6 Å². The van der Waals surface area contributed by atoms with Gasteiger partial charge in [0.1, 0.15) is 12.6 Å². The minimum atomic E-state index is -3.93. The molecule has 0 aromatic heterocycles. The minimum absolute atomic E-state index is 0.179. The third-order valence-corrected chi connectivity index (χ3v) is 6.77. The molecule has 2 aromatic carbocycles. The summed E-state index contributed by atoms with van der Waals surface area (Å²) in [5.41, 5.74) is 2.29. The fourth-order valence-electron chi connectivity index (χ4n) is 2.99. The van der Waals surface area contributed by atoms with Gasteiger partial charge in [-0.25, -0.2) is 4.31 Å². The quantitative estimate of drug-likeness (QED) is 0.636. The van der Waals surface area contributed by atoms with Crippen molar-refractivity contribution >= 4 is 27.7 Å². The van der Waals surface area contributed by atoms with E-state index in [9.17, 15) is 18.0 Å². The Hall–Kier alpha value is -2.91. The van der Waals surface area contributed by atoms with Gasteiger partial charge in [0.05, 0.1) is 5.69 Å². The van der Waals surface area contributed by atoms with E-state index in [0.717, 1.165) is 19.7 Å². The van der Waals surface area contributed by atoms with Crippen LogP contribution >= 0.6 is 0 Å². The molecule has 2 rings (SSSR count). The van der Waals surface area contributed by atoms with Gasteiger partial charge < -0.3 is 10.2 Å². The first-order valence-electron chi connectivity index (χ1n) is 9.89. The maximum Gasteiger partial charge on any atom is 0.304 e. The molecule has 168 valence electrons. The lowest BCUT2D eigenvalue weighted by Crippen LogP contribution is -2.52. The third kappa shape index (κ3) is 6.05. The Kier molecular flexibility index (Phi) is 8.18. The van der Waals surface area contributed by atoms with Gasteiger partial charge in [-0.3, -0.25) is 9.59 Å². The lowest BCUT2D eigenvalue weighted by molar-refractivity contribution is -0.139. The summed E-state index contributed by atoms with van der Waals surface area (Å²) in [4.78, 5) is 27.1. The smallest absolute Gasteiger partial charge is 0.304 e. The highest BCUT2D eigenvalue weighted by Gasteiger charge is 2.32. The van der Waals surface area contributed by atoms with E-state index in [2.05, 4.69) is 5.32 Å². The topological polar surface area (TPSA) is 90.0 Å². The first kappa shape index (κ1) is 24.4. The molecular formula is C22H30N4O4S. The summed E-state index contributed by atoms with van der Waals surface area (Å²) in [5.74, 6) is -0.812. The maximum atomic E-state index is 13.4. The number of likely N-dealkylation sites (N-methyl/N-ethyl adjacent to an activating group) is 1. The predicted octanol–water partition coefficient (Wildman–Crippen LogP) is 1.77. The fourth-order valence-corrected chi connectivity index (χ4v) is 4.05. The fraction of sp³-hybridized carbons (Fsp3) is 0.364. The van der Waals surface area contributed by atoms with E-state index in [1.807, 2.05) is 31.2 Å². The Morgan fingerprint density at radius 1 is 1.00 bits per heavy atom. The zero-order chi connectivity index (χ0) is 23.2. The van der Waals surface area contributed by atoms with Crippen molar-refractivity contribution in [1.29, 1.82) is 0 Å². The first-order valence-corrected chi connectivity index (χ1v) is 11.3. The van der Waals surface area contributed by atoms with Gasteiger partial charge >= 0.3 is 10.2 Å². The molecule has 0 aliphatic carbocycles. The molecule has 2 aromatic rings. The number of benzene rings is 2. The Labute approximate surface area is 184 Å². The van der Waals surface area contributed by atoms with Crippen LogP contribution in [0.25, 0.3) is 0 Å². The second kappa shape index (κ2) is 10.4. The molecule has 0 fully saturated rings. The summed E-state index contributed by atoms with van der Waals surface area (Å²) >= 11 is 0. The molecule has 31 heavy (non-hydrogen) atoms. The Balaban J connectivity index is 2.40. The molecule has 0 spiro atoms. The molecule has 0 saturated carbocycles. The van der Waals surface area contributed by atoms with Crippen LogP contribution in [0.2, 0.25) is 0 Å². The van der Waals surface area contributed by atoms with Gasteiger partial charge in [-0.1, -0.05) is 48.0 Å². The number of amides is 2. The van der Waals surface area contributed by atoms with E-state index in [1.54, 1.807) is 37.3 Å². The molecule has 1 unspecified atom stereocenters. The number of hydrogen-bond acceptors (Lipinski definition) is 4. The molecule has 0 aliphatic rings. The van der Waals surface area contributed by atoms with Gasteiger partial charge in [0.25, 0.3) is 0 Å². The van der Waals surface area contributed by atoms with Crippen LogP contribution in [-0.2, 0) is 26.3 Å². The summed E-state index contributed by atoms with van der Waals surface area (Å²) in [6.45, 7) is 3.33. The molecular weight excluding hydrogens is 416 g/mol. The predicted molar refractivity (Wildman–Crippen MR) is 122 cm³/mol. The molecule has 1 atom stereocenters. The molecule has 0 aliphatic heterocycles. The zero-order valence-corrected chi connectivity index (χ0v) is 19.4. The SMILES string of the molecule is CNC(=O)C(C)N(Cc1ccc(C)cc1)C(=O)CN(c1ccccc1)S(=O)(=O)N(C)C. The standard InChI is InChI=1S/C22H30N4O4S/c1-17-11-13-19(14-12-17)15-25(18(2)22(28)23-3)21(27)16-26(31(29,30)24(4)5)20-9-7-6-8-10-20/h6-14,18H,15-16H2,1-5H3,(H,23,28). The van der Waals surface area contributed by atoms with E-state index in [0.29, 0.717) is 5.69 Å². The van der Waals surface area contributed by atoms with Crippen LogP contribution in [0.5, 0.6) is 0 Å². The lowest BCUT2D eigenvalue weighted by atomic mass is 10.1. The molecule has 0 radical (unpaired) electrons. The summed E-state index contributed by atoms with van der Waals surface area (Å²) in [5, 5.41) is 2.56. The number of nitrogens with one attached hydrogen (secondary N) is 1. The van der Waals surface area contributed by atoms with Gasteiger partial charge in [-0.2, -0.15) is 12.7 Å². The van der Waals surface area contributed by atoms with Crippen LogP contribution in [-0.4, -0.2) is 63.2 Å². The van der Waals surface area contributed by atoms with Crippen molar-refractivity contribution in [3.8, 4) is 0 Å². The molecule has 8 nitrogen and oxygen atoms in total. The van der Waals surface area contributed by atoms with Crippen molar-refractivity contribution in [1.82, 2.24) is 14.5 Å².